The number of rotatable bonds is 61. The van der Waals surface area contributed by atoms with E-state index in [1.165, 1.54) is 103 Å². The Balaban J connectivity index is 4.35. The van der Waals surface area contributed by atoms with E-state index in [2.05, 4.69) is 167 Å². The van der Waals surface area contributed by atoms with E-state index >= 15 is 0 Å². The Bertz CT molecular complexity index is 1800. The van der Waals surface area contributed by atoms with Gasteiger partial charge in [0.05, 0.1) is 0 Å². The maximum absolute atomic E-state index is 12.9. The molecule has 0 aromatic carbocycles. The zero-order valence-electron chi connectivity index (χ0n) is 53.9. The Kier molecular flexibility index (Phi) is 65.8. The SMILES string of the molecule is CC/C=C\C/C=C\C/C=C\C/C=C\C/C=C\C/C=C\C/C=C\C/C=C\C/C=C\CCCCCCCC(=O)OCC(COC(=O)CCCCC/C=C\C/C=C\C/C=C\CC)OC(=O)CCCCCCCCCCCCCCCCCCCCC. The fraction of sp³-hybridized carbons (Fsp3) is 0.649. The molecule has 0 aliphatic heterocycles. The molecule has 83 heavy (non-hydrogen) atoms. The maximum Gasteiger partial charge on any atom is 0.306 e. The van der Waals surface area contributed by atoms with E-state index in [9.17, 15) is 14.4 Å². The van der Waals surface area contributed by atoms with E-state index in [1.54, 1.807) is 0 Å². The minimum Gasteiger partial charge on any atom is -0.462 e. The Hall–Kier alpha value is -4.71. The third-order valence-electron chi connectivity index (χ3n) is 14.3. The second-order valence-corrected chi connectivity index (χ2v) is 22.3. The van der Waals surface area contributed by atoms with Crippen molar-refractivity contribution in [2.24, 2.45) is 0 Å². The molecule has 0 bridgehead atoms. The van der Waals surface area contributed by atoms with Crippen LogP contribution in [0, 0.1) is 0 Å². The van der Waals surface area contributed by atoms with Gasteiger partial charge in [-0.25, -0.2) is 0 Å². The van der Waals surface area contributed by atoms with Gasteiger partial charge in [0.25, 0.3) is 0 Å². The fourth-order valence-corrected chi connectivity index (χ4v) is 9.27. The van der Waals surface area contributed by atoms with E-state index in [1.807, 2.05) is 0 Å². The molecule has 0 saturated carbocycles. The van der Waals surface area contributed by atoms with Gasteiger partial charge in [0.15, 0.2) is 6.10 Å². The number of carbonyl (C=O) groups is 3. The minimum atomic E-state index is -0.803. The molecule has 0 heterocycles. The maximum atomic E-state index is 12.9. The van der Waals surface area contributed by atoms with Crippen LogP contribution in [-0.4, -0.2) is 37.2 Å². The Labute approximate surface area is 512 Å². The molecule has 1 unspecified atom stereocenters. The van der Waals surface area contributed by atoms with Gasteiger partial charge in [0.2, 0.25) is 0 Å². The molecule has 6 nitrogen and oxygen atoms in total. The van der Waals surface area contributed by atoms with E-state index in [4.69, 9.17) is 14.2 Å². The molecule has 0 rings (SSSR count). The molecule has 470 valence electrons. The van der Waals surface area contributed by atoms with Crippen molar-refractivity contribution < 1.29 is 28.6 Å². The monoisotopic (exact) mass is 1150 g/mol. The summed E-state index contributed by atoms with van der Waals surface area (Å²) in [7, 11) is 0. The van der Waals surface area contributed by atoms with Crippen molar-refractivity contribution in [1.82, 2.24) is 0 Å². The molecular weight excluding hydrogens is 1020 g/mol. The summed E-state index contributed by atoms with van der Waals surface area (Å²) < 4.78 is 16.9. The van der Waals surface area contributed by atoms with Crippen LogP contribution in [-0.2, 0) is 28.6 Å². The normalized spacial score (nSPS) is 13.0. The standard InChI is InChI=1S/C77H126O6/c1-4-7-10-13-16-19-22-25-27-29-31-32-33-34-35-36-37-38-39-40-41-42-43-44-46-47-49-52-55-58-61-64-67-70-76(79)82-73-74(72-81-75(78)69-66-63-60-57-54-51-24-21-18-15-12-9-6-3)83-77(80)71-68-65-62-59-56-53-50-48-45-30-28-26-23-20-17-14-11-8-5-2/h7,9-10,12,16,18-19,21,25,27,31-32,34-35,37-38,40-41,43-44,47,49,51,54,74H,4-6,8,11,13-15,17,20,22-24,26,28-30,33,36,39,42,45-46,48,50,52-53,55-73H2,1-3H3/b10-7-,12-9-,19-16-,21-18-,27-25-,32-31-,35-34-,38-37-,41-40-,44-43-,49-47-,54-51-. The lowest BCUT2D eigenvalue weighted by Crippen LogP contribution is -2.30. The quantitative estimate of drug-likeness (QED) is 0.0261. The summed E-state index contributed by atoms with van der Waals surface area (Å²) in [4.78, 5) is 38.4. The largest absolute Gasteiger partial charge is 0.462 e. The lowest BCUT2D eigenvalue weighted by molar-refractivity contribution is -0.167. The molecule has 6 heteroatoms. The number of hydrogen-bond donors (Lipinski definition) is 0. The molecule has 0 aromatic heterocycles. The van der Waals surface area contributed by atoms with Crippen molar-refractivity contribution in [2.45, 2.75) is 309 Å². The number of esters is 3. The second kappa shape index (κ2) is 69.8. The molecule has 0 spiro atoms. The van der Waals surface area contributed by atoms with Crippen molar-refractivity contribution in [3.05, 3.63) is 146 Å². The van der Waals surface area contributed by atoms with Gasteiger partial charge in [-0.2, -0.15) is 0 Å². The molecule has 0 saturated heterocycles. The summed E-state index contributed by atoms with van der Waals surface area (Å²) in [6.45, 7) is 6.39. The zero-order chi connectivity index (χ0) is 59.9. The third kappa shape index (κ3) is 68.0. The van der Waals surface area contributed by atoms with E-state index in [-0.39, 0.29) is 31.1 Å². The number of unbranched alkanes of at least 4 members (excludes halogenated alkanes) is 26. The number of hydrogen-bond acceptors (Lipinski definition) is 6. The van der Waals surface area contributed by atoms with Gasteiger partial charge in [-0.05, 0) is 122 Å². The summed E-state index contributed by atoms with van der Waals surface area (Å²) in [6, 6.07) is 0. The molecule has 0 aromatic rings. The third-order valence-corrected chi connectivity index (χ3v) is 14.3. The Morgan fingerprint density at radius 3 is 0.747 bits per heavy atom. The molecule has 0 amide bonds. The first-order valence-corrected chi connectivity index (χ1v) is 34.3. The molecular formula is C77H126O6. The topological polar surface area (TPSA) is 78.9 Å². The van der Waals surface area contributed by atoms with Gasteiger partial charge < -0.3 is 14.2 Å². The van der Waals surface area contributed by atoms with Crippen LogP contribution >= 0.6 is 0 Å². The highest BCUT2D eigenvalue weighted by molar-refractivity contribution is 5.71. The van der Waals surface area contributed by atoms with Crippen molar-refractivity contribution in [3.8, 4) is 0 Å². The summed E-state index contributed by atoms with van der Waals surface area (Å²) in [6.07, 6.45) is 100. The predicted octanol–water partition coefficient (Wildman–Crippen LogP) is 23.9. The van der Waals surface area contributed by atoms with E-state index < -0.39 is 6.10 Å². The first-order valence-electron chi connectivity index (χ1n) is 34.3. The molecule has 1 atom stereocenters. The molecule has 0 aliphatic carbocycles. The van der Waals surface area contributed by atoms with Crippen LogP contribution in [0.4, 0.5) is 0 Å². The van der Waals surface area contributed by atoms with Crippen molar-refractivity contribution in [3.63, 3.8) is 0 Å². The van der Waals surface area contributed by atoms with Crippen molar-refractivity contribution in [1.29, 1.82) is 0 Å². The summed E-state index contributed by atoms with van der Waals surface area (Å²) >= 11 is 0. The number of ether oxygens (including phenoxy) is 3. The minimum absolute atomic E-state index is 0.0999. The van der Waals surface area contributed by atoms with Crippen molar-refractivity contribution >= 4 is 17.9 Å². The average Bonchev–Trinajstić information content (AvgIpc) is 3.49. The highest BCUT2D eigenvalue weighted by atomic mass is 16.6. The van der Waals surface area contributed by atoms with Crippen LogP contribution in [0.2, 0.25) is 0 Å². The van der Waals surface area contributed by atoms with Crippen LogP contribution in [0.15, 0.2) is 146 Å². The summed E-state index contributed by atoms with van der Waals surface area (Å²) in [5.74, 6) is -0.941. The molecule has 0 N–H and O–H groups in total. The van der Waals surface area contributed by atoms with Gasteiger partial charge >= 0.3 is 17.9 Å². The van der Waals surface area contributed by atoms with Crippen LogP contribution in [0.3, 0.4) is 0 Å². The number of allylic oxidation sites excluding steroid dienone is 24. The smallest absolute Gasteiger partial charge is 0.306 e. The average molecular weight is 1150 g/mol. The van der Waals surface area contributed by atoms with Crippen molar-refractivity contribution in [2.75, 3.05) is 13.2 Å². The Morgan fingerprint density at radius 2 is 0.470 bits per heavy atom. The highest BCUT2D eigenvalue weighted by Gasteiger charge is 2.19. The van der Waals surface area contributed by atoms with Crippen LogP contribution in [0.5, 0.6) is 0 Å². The van der Waals surface area contributed by atoms with Crippen LogP contribution in [0.25, 0.3) is 0 Å². The predicted molar refractivity (Wildman–Crippen MR) is 362 cm³/mol. The first kappa shape index (κ1) is 78.3. The van der Waals surface area contributed by atoms with E-state index in [0.29, 0.717) is 19.3 Å². The molecule has 0 fully saturated rings. The summed E-state index contributed by atoms with van der Waals surface area (Å²) in [5.41, 5.74) is 0. The van der Waals surface area contributed by atoms with Crippen LogP contribution < -0.4 is 0 Å². The number of carbonyl (C=O) groups excluding carboxylic acids is 3. The zero-order valence-corrected chi connectivity index (χ0v) is 53.9. The van der Waals surface area contributed by atoms with Gasteiger partial charge in [0.1, 0.15) is 13.2 Å². The second-order valence-electron chi connectivity index (χ2n) is 22.3. The Morgan fingerprint density at radius 1 is 0.253 bits per heavy atom. The van der Waals surface area contributed by atoms with Gasteiger partial charge in [0, 0.05) is 19.3 Å². The highest BCUT2D eigenvalue weighted by Crippen LogP contribution is 2.16. The summed E-state index contributed by atoms with van der Waals surface area (Å²) in [5, 5.41) is 0. The van der Waals surface area contributed by atoms with Gasteiger partial charge in [-0.15, -0.1) is 0 Å². The van der Waals surface area contributed by atoms with Crippen LogP contribution in [0.1, 0.15) is 303 Å². The van der Waals surface area contributed by atoms with Gasteiger partial charge in [-0.3, -0.25) is 14.4 Å². The van der Waals surface area contributed by atoms with Gasteiger partial charge in [-0.1, -0.05) is 308 Å². The molecule has 0 aliphatic rings. The lowest BCUT2D eigenvalue weighted by atomic mass is 10.0. The first-order chi connectivity index (χ1) is 41.0. The fourth-order valence-electron chi connectivity index (χ4n) is 9.27. The van der Waals surface area contributed by atoms with E-state index in [0.717, 1.165) is 161 Å². The lowest BCUT2D eigenvalue weighted by Gasteiger charge is -2.18. The molecule has 0 radical (unpaired) electrons.